The Labute approximate surface area is 193 Å². The Balaban J connectivity index is 1.81. The summed E-state index contributed by atoms with van der Waals surface area (Å²) < 4.78 is 0. The normalized spacial score (nSPS) is 19.0. The van der Waals surface area contributed by atoms with E-state index in [4.69, 9.17) is 0 Å². The third-order valence-corrected chi connectivity index (χ3v) is 6.76. The first-order valence-corrected chi connectivity index (χ1v) is 11.2. The zero-order valence-corrected chi connectivity index (χ0v) is 19.3. The number of benzene rings is 3. The van der Waals surface area contributed by atoms with Crippen LogP contribution in [-0.4, -0.2) is 24.8 Å². The second-order valence-corrected chi connectivity index (χ2v) is 10.0. The van der Waals surface area contributed by atoms with E-state index in [2.05, 4.69) is 43.4 Å². The molecule has 0 amide bonds. The quantitative estimate of drug-likeness (QED) is 0.398. The Morgan fingerprint density at radius 1 is 1.06 bits per heavy atom. The summed E-state index contributed by atoms with van der Waals surface area (Å²) in [5.41, 5.74) is 4.86. The van der Waals surface area contributed by atoms with Gasteiger partial charge in [-0.15, -0.1) is 0 Å². The Morgan fingerprint density at radius 3 is 2.55 bits per heavy atom. The minimum atomic E-state index is -0.360. The summed E-state index contributed by atoms with van der Waals surface area (Å²) in [6.45, 7) is 4.22. The van der Waals surface area contributed by atoms with Gasteiger partial charge in [0.1, 0.15) is 5.69 Å². The molecule has 0 saturated carbocycles. The molecule has 0 radical (unpaired) electrons. The zero-order chi connectivity index (χ0) is 23.5. The molecule has 0 spiro atoms. The number of carbonyl (C=O) groups is 1. The molecule has 0 bridgehead atoms. The number of nitro groups is 1. The van der Waals surface area contributed by atoms with Crippen molar-refractivity contribution in [3.8, 4) is 0 Å². The Bertz CT molecular complexity index is 1350. The molecule has 5 rings (SSSR count). The van der Waals surface area contributed by atoms with Gasteiger partial charge in [0.05, 0.1) is 4.92 Å². The van der Waals surface area contributed by atoms with Gasteiger partial charge in [-0.1, -0.05) is 50.2 Å². The SMILES string of the molecule is CN(C)c1ccc(C2C3=C(CC(C)(C)CC3=O)Nc3ccc4ccccc4c32)cc1[N+](=O)[O-]. The summed E-state index contributed by atoms with van der Waals surface area (Å²) in [7, 11) is 3.59. The summed E-state index contributed by atoms with van der Waals surface area (Å²) in [4.78, 5) is 26.9. The fourth-order valence-electron chi connectivity index (χ4n) is 5.38. The molecule has 1 aliphatic heterocycles. The highest BCUT2D eigenvalue weighted by atomic mass is 16.6. The molecule has 1 atom stereocenters. The number of nitrogens with zero attached hydrogens (tertiary/aromatic N) is 2. The van der Waals surface area contributed by atoms with Crippen molar-refractivity contribution in [1.29, 1.82) is 0 Å². The monoisotopic (exact) mass is 441 g/mol. The van der Waals surface area contributed by atoms with E-state index >= 15 is 0 Å². The molecule has 0 aromatic heterocycles. The third kappa shape index (κ3) is 3.46. The van der Waals surface area contributed by atoms with E-state index < -0.39 is 0 Å². The topological polar surface area (TPSA) is 75.5 Å². The van der Waals surface area contributed by atoms with E-state index in [1.807, 2.05) is 18.2 Å². The van der Waals surface area contributed by atoms with Crippen LogP contribution in [0, 0.1) is 15.5 Å². The van der Waals surface area contributed by atoms with Crippen molar-refractivity contribution in [2.75, 3.05) is 24.3 Å². The minimum absolute atomic E-state index is 0.0450. The molecule has 3 aromatic carbocycles. The van der Waals surface area contributed by atoms with Gasteiger partial charge in [0.25, 0.3) is 5.69 Å². The van der Waals surface area contributed by atoms with Crippen molar-refractivity contribution in [2.24, 2.45) is 5.41 Å². The van der Waals surface area contributed by atoms with E-state index in [0.717, 1.165) is 45.3 Å². The molecular formula is C27H27N3O3. The minimum Gasteiger partial charge on any atom is -0.372 e. The first kappa shape index (κ1) is 21.2. The first-order chi connectivity index (χ1) is 15.7. The summed E-state index contributed by atoms with van der Waals surface area (Å²) in [5, 5.41) is 17.6. The van der Waals surface area contributed by atoms with E-state index in [1.165, 1.54) is 0 Å². The highest BCUT2D eigenvalue weighted by Gasteiger charge is 2.41. The van der Waals surface area contributed by atoms with Gasteiger partial charge in [-0.2, -0.15) is 0 Å². The third-order valence-electron chi connectivity index (χ3n) is 6.76. The Morgan fingerprint density at radius 2 is 1.82 bits per heavy atom. The van der Waals surface area contributed by atoms with Crippen LogP contribution in [0.15, 0.2) is 65.9 Å². The highest BCUT2D eigenvalue weighted by Crippen LogP contribution is 2.51. The number of Topliss-reactive ketones (excluding diaryl/α,β-unsaturated/α-hetero) is 1. The maximum atomic E-state index is 13.5. The standard InChI is InChI=1S/C27H27N3O3/c1-27(2)14-20-26(23(31)15-27)24(17-10-12-21(29(3)4)22(13-17)30(32)33)25-18-8-6-5-7-16(18)9-11-19(25)28-20/h5-13,24,28H,14-15H2,1-4H3. The number of allylic oxidation sites excluding steroid dienone is 2. The largest absolute Gasteiger partial charge is 0.372 e. The smallest absolute Gasteiger partial charge is 0.292 e. The van der Waals surface area contributed by atoms with Gasteiger partial charge < -0.3 is 10.2 Å². The first-order valence-electron chi connectivity index (χ1n) is 11.2. The molecule has 33 heavy (non-hydrogen) atoms. The van der Waals surface area contributed by atoms with E-state index in [0.29, 0.717) is 12.1 Å². The Kier molecular flexibility index (Phi) is 4.78. The van der Waals surface area contributed by atoms with Crippen LogP contribution in [0.1, 0.15) is 43.7 Å². The number of fused-ring (bicyclic) bond motifs is 3. The lowest BCUT2D eigenvalue weighted by atomic mass is 9.68. The fourth-order valence-corrected chi connectivity index (χ4v) is 5.38. The summed E-state index contributed by atoms with van der Waals surface area (Å²) in [6, 6.07) is 17.6. The van der Waals surface area contributed by atoms with Crippen LogP contribution in [-0.2, 0) is 4.79 Å². The number of rotatable bonds is 3. The van der Waals surface area contributed by atoms with Crippen molar-refractivity contribution >= 4 is 33.6 Å². The highest BCUT2D eigenvalue weighted by molar-refractivity contribution is 6.04. The van der Waals surface area contributed by atoms with Crippen molar-refractivity contribution in [3.63, 3.8) is 0 Å². The number of carbonyl (C=O) groups excluding carboxylic acids is 1. The van der Waals surface area contributed by atoms with Crippen molar-refractivity contribution in [3.05, 3.63) is 87.1 Å². The van der Waals surface area contributed by atoms with Crippen LogP contribution < -0.4 is 10.2 Å². The van der Waals surface area contributed by atoms with Crippen LogP contribution in [0.4, 0.5) is 17.1 Å². The maximum Gasteiger partial charge on any atom is 0.292 e. The number of hydrogen-bond donors (Lipinski definition) is 1. The van der Waals surface area contributed by atoms with Gasteiger partial charge in [-0.05, 0) is 45.9 Å². The van der Waals surface area contributed by atoms with Gasteiger partial charge in [0, 0.05) is 49.5 Å². The lowest BCUT2D eigenvalue weighted by molar-refractivity contribution is -0.384. The van der Waals surface area contributed by atoms with E-state index in [9.17, 15) is 14.9 Å². The zero-order valence-electron chi connectivity index (χ0n) is 19.3. The number of ketones is 1. The van der Waals surface area contributed by atoms with Crippen LogP contribution in [0.5, 0.6) is 0 Å². The van der Waals surface area contributed by atoms with Gasteiger partial charge in [0.2, 0.25) is 0 Å². The van der Waals surface area contributed by atoms with E-state index in [1.54, 1.807) is 31.1 Å². The molecule has 1 aliphatic carbocycles. The van der Waals surface area contributed by atoms with Crippen LogP contribution in [0.25, 0.3) is 10.8 Å². The summed E-state index contributed by atoms with van der Waals surface area (Å²) in [5.74, 6) is -0.252. The Hall–Kier alpha value is -3.67. The molecule has 1 unspecified atom stereocenters. The lowest BCUT2D eigenvalue weighted by Gasteiger charge is -2.40. The van der Waals surface area contributed by atoms with Crippen LogP contribution in [0.2, 0.25) is 0 Å². The van der Waals surface area contributed by atoms with Gasteiger partial charge in [-0.25, -0.2) is 0 Å². The second kappa shape index (κ2) is 7.44. The maximum absolute atomic E-state index is 13.5. The number of hydrogen-bond acceptors (Lipinski definition) is 5. The molecule has 168 valence electrons. The summed E-state index contributed by atoms with van der Waals surface area (Å²) in [6.07, 6.45) is 1.22. The number of nitrogens with one attached hydrogen (secondary N) is 1. The van der Waals surface area contributed by atoms with Crippen molar-refractivity contribution in [2.45, 2.75) is 32.6 Å². The average Bonchev–Trinajstić information content (AvgIpc) is 2.76. The average molecular weight is 442 g/mol. The predicted octanol–water partition coefficient (Wildman–Crippen LogP) is 6.01. The molecule has 0 fully saturated rings. The molecule has 3 aromatic rings. The van der Waals surface area contributed by atoms with Gasteiger partial charge >= 0.3 is 0 Å². The fraction of sp³-hybridized carbons (Fsp3) is 0.296. The van der Waals surface area contributed by atoms with Crippen LogP contribution in [0.3, 0.4) is 0 Å². The molecule has 6 heteroatoms. The number of anilines is 2. The van der Waals surface area contributed by atoms with Crippen molar-refractivity contribution < 1.29 is 9.72 Å². The molecular weight excluding hydrogens is 414 g/mol. The molecule has 2 aliphatic rings. The van der Waals surface area contributed by atoms with Crippen molar-refractivity contribution in [1.82, 2.24) is 0 Å². The number of nitro benzene ring substituents is 1. The molecule has 1 N–H and O–H groups in total. The van der Waals surface area contributed by atoms with Crippen LogP contribution >= 0.6 is 0 Å². The van der Waals surface area contributed by atoms with Gasteiger partial charge in [0.15, 0.2) is 5.78 Å². The molecule has 1 heterocycles. The van der Waals surface area contributed by atoms with Gasteiger partial charge in [-0.3, -0.25) is 14.9 Å². The molecule has 0 saturated heterocycles. The second-order valence-electron chi connectivity index (χ2n) is 10.0. The molecule has 6 nitrogen and oxygen atoms in total. The lowest BCUT2D eigenvalue weighted by Crippen LogP contribution is -2.34. The summed E-state index contributed by atoms with van der Waals surface area (Å²) >= 11 is 0. The van der Waals surface area contributed by atoms with E-state index in [-0.39, 0.29) is 27.7 Å². The predicted molar refractivity (Wildman–Crippen MR) is 132 cm³/mol.